The zero-order valence-electron chi connectivity index (χ0n) is 13.0. The summed E-state index contributed by atoms with van der Waals surface area (Å²) in [5, 5.41) is 3.73. The first-order chi connectivity index (χ1) is 11.2. The first kappa shape index (κ1) is 15.2. The van der Waals surface area contributed by atoms with E-state index in [2.05, 4.69) is 10.3 Å². The highest BCUT2D eigenvalue weighted by atomic mass is 32.2. The van der Waals surface area contributed by atoms with Crippen LogP contribution in [0.5, 0.6) is 0 Å². The van der Waals surface area contributed by atoms with Crippen molar-refractivity contribution in [3.05, 3.63) is 21.6 Å². The van der Waals surface area contributed by atoms with Gasteiger partial charge in [-0.1, -0.05) is 11.8 Å². The molecule has 1 amide bonds. The van der Waals surface area contributed by atoms with E-state index >= 15 is 0 Å². The van der Waals surface area contributed by atoms with Crippen molar-refractivity contribution in [2.75, 3.05) is 18.9 Å². The number of aromatic nitrogens is 2. The van der Waals surface area contributed by atoms with Crippen molar-refractivity contribution >= 4 is 17.7 Å². The summed E-state index contributed by atoms with van der Waals surface area (Å²) in [7, 11) is 0. The molecular formula is C16H21N3O3S. The molecule has 2 atom stereocenters. The lowest BCUT2D eigenvalue weighted by atomic mass is 10.2. The molecule has 0 spiro atoms. The zero-order chi connectivity index (χ0) is 15.8. The minimum absolute atomic E-state index is 0.00801. The Hall–Kier alpha value is -1.34. The number of carbonyl (C=O) groups is 1. The fourth-order valence-corrected chi connectivity index (χ4v) is 4.78. The summed E-state index contributed by atoms with van der Waals surface area (Å²) in [6, 6.07) is -0.0783. The van der Waals surface area contributed by atoms with E-state index in [1.165, 1.54) is 0 Å². The first-order valence-corrected chi connectivity index (χ1v) is 9.36. The third kappa shape index (κ3) is 2.92. The number of hydrogen-bond donors (Lipinski definition) is 1. The third-order valence-electron chi connectivity index (χ3n) is 4.84. The quantitative estimate of drug-likeness (QED) is 0.833. The fourth-order valence-electron chi connectivity index (χ4n) is 3.62. The highest BCUT2D eigenvalue weighted by molar-refractivity contribution is 7.99. The van der Waals surface area contributed by atoms with Gasteiger partial charge in [0.2, 0.25) is 5.91 Å². The summed E-state index contributed by atoms with van der Waals surface area (Å²) in [5.41, 5.74) is 1.91. The molecule has 0 radical (unpaired) electrons. The van der Waals surface area contributed by atoms with Gasteiger partial charge in [0, 0.05) is 30.9 Å². The molecular weight excluding hydrogens is 314 g/mol. The molecule has 2 aliphatic heterocycles. The van der Waals surface area contributed by atoms with Crippen molar-refractivity contribution in [3.8, 4) is 0 Å². The maximum atomic E-state index is 12.7. The van der Waals surface area contributed by atoms with Gasteiger partial charge < -0.3 is 10.1 Å². The maximum absolute atomic E-state index is 12.7. The van der Waals surface area contributed by atoms with Gasteiger partial charge in [-0.3, -0.25) is 14.2 Å². The molecule has 23 heavy (non-hydrogen) atoms. The molecule has 3 heterocycles. The van der Waals surface area contributed by atoms with Crippen LogP contribution >= 0.6 is 11.8 Å². The lowest BCUT2D eigenvalue weighted by molar-refractivity contribution is -0.122. The second-order valence-corrected chi connectivity index (χ2v) is 7.44. The van der Waals surface area contributed by atoms with Crippen LogP contribution in [-0.4, -0.2) is 40.5 Å². The maximum Gasteiger partial charge on any atom is 0.257 e. The molecule has 1 saturated heterocycles. The van der Waals surface area contributed by atoms with E-state index in [1.807, 2.05) is 0 Å². The van der Waals surface area contributed by atoms with Crippen molar-refractivity contribution < 1.29 is 9.53 Å². The Morgan fingerprint density at radius 2 is 2.30 bits per heavy atom. The van der Waals surface area contributed by atoms with E-state index in [-0.39, 0.29) is 23.6 Å². The molecule has 1 N–H and O–H groups in total. The van der Waals surface area contributed by atoms with Crippen molar-refractivity contribution in [3.63, 3.8) is 0 Å². The number of carbonyl (C=O) groups excluding carboxylic acids is 1. The molecule has 0 bridgehead atoms. The van der Waals surface area contributed by atoms with Crippen LogP contribution in [0.4, 0.5) is 0 Å². The smallest absolute Gasteiger partial charge is 0.257 e. The molecule has 0 aromatic carbocycles. The molecule has 1 aliphatic carbocycles. The monoisotopic (exact) mass is 335 g/mol. The number of hydrogen-bond acceptors (Lipinski definition) is 5. The molecule has 4 rings (SSSR count). The largest absolute Gasteiger partial charge is 0.376 e. The van der Waals surface area contributed by atoms with Crippen molar-refractivity contribution in [1.29, 1.82) is 0 Å². The van der Waals surface area contributed by atoms with Gasteiger partial charge in [-0.05, 0) is 32.1 Å². The number of ether oxygens (including phenoxy) is 1. The van der Waals surface area contributed by atoms with Gasteiger partial charge in [0.15, 0.2) is 5.16 Å². The summed E-state index contributed by atoms with van der Waals surface area (Å²) in [4.78, 5) is 29.5. The fraction of sp³-hybridized carbons (Fsp3) is 0.688. The number of nitrogens with one attached hydrogen (secondary N) is 1. The molecule has 1 fully saturated rings. The van der Waals surface area contributed by atoms with Gasteiger partial charge in [0.05, 0.1) is 17.8 Å². The van der Waals surface area contributed by atoms with Gasteiger partial charge >= 0.3 is 0 Å². The van der Waals surface area contributed by atoms with Gasteiger partial charge in [0.25, 0.3) is 5.56 Å². The zero-order valence-corrected chi connectivity index (χ0v) is 13.9. The number of fused-ring (bicyclic) bond motifs is 2. The van der Waals surface area contributed by atoms with E-state index in [9.17, 15) is 9.59 Å². The lowest BCUT2D eigenvalue weighted by Crippen LogP contribution is -2.35. The second kappa shape index (κ2) is 6.28. The standard InChI is InChI=1S/C16H21N3O3S/c20-14(17-8-11-3-2-6-22-11)7-10-9-23-16-18-13-5-1-4-12(13)15(21)19(10)16/h10-11H,1-9H2,(H,17,20)/t10-,11-/m1/s1. The second-order valence-electron chi connectivity index (χ2n) is 6.46. The van der Waals surface area contributed by atoms with Crippen LogP contribution in [0.2, 0.25) is 0 Å². The van der Waals surface area contributed by atoms with Gasteiger partial charge in [-0.2, -0.15) is 0 Å². The van der Waals surface area contributed by atoms with Crippen LogP contribution < -0.4 is 10.9 Å². The Balaban J connectivity index is 1.44. The summed E-state index contributed by atoms with van der Waals surface area (Å²) in [6.07, 6.45) is 5.31. The van der Waals surface area contributed by atoms with E-state index < -0.39 is 0 Å². The van der Waals surface area contributed by atoms with Gasteiger partial charge in [0.1, 0.15) is 0 Å². The highest BCUT2D eigenvalue weighted by Crippen LogP contribution is 2.33. The molecule has 0 saturated carbocycles. The van der Waals surface area contributed by atoms with E-state index in [1.54, 1.807) is 16.3 Å². The number of thioether (sulfide) groups is 1. The number of aryl methyl sites for hydroxylation is 1. The van der Waals surface area contributed by atoms with E-state index in [0.29, 0.717) is 13.0 Å². The number of amides is 1. The van der Waals surface area contributed by atoms with Crippen molar-refractivity contribution in [2.24, 2.45) is 0 Å². The summed E-state index contributed by atoms with van der Waals surface area (Å²) < 4.78 is 7.27. The molecule has 1 aromatic rings. The Bertz CT molecular complexity index is 682. The van der Waals surface area contributed by atoms with E-state index in [0.717, 1.165) is 60.9 Å². The summed E-state index contributed by atoms with van der Waals surface area (Å²) in [5.74, 6) is 0.740. The molecule has 6 nitrogen and oxygen atoms in total. The van der Waals surface area contributed by atoms with Crippen molar-refractivity contribution in [1.82, 2.24) is 14.9 Å². The van der Waals surface area contributed by atoms with Gasteiger partial charge in [-0.25, -0.2) is 4.98 Å². The van der Waals surface area contributed by atoms with Crippen LogP contribution in [-0.2, 0) is 22.4 Å². The molecule has 3 aliphatic rings. The predicted molar refractivity (Wildman–Crippen MR) is 86.9 cm³/mol. The van der Waals surface area contributed by atoms with Crippen LogP contribution in [0.3, 0.4) is 0 Å². The Labute approximate surface area is 139 Å². The first-order valence-electron chi connectivity index (χ1n) is 8.38. The Morgan fingerprint density at radius 1 is 1.39 bits per heavy atom. The van der Waals surface area contributed by atoms with E-state index in [4.69, 9.17) is 4.74 Å². The predicted octanol–water partition coefficient (Wildman–Crippen LogP) is 1.06. The normalized spacial score (nSPS) is 25.4. The topological polar surface area (TPSA) is 73.2 Å². The molecule has 124 valence electrons. The third-order valence-corrected chi connectivity index (χ3v) is 5.94. The van der Waals surface area contributed by atoms with Crippen LogP contribution in [0, 0.1) is 0 Å². The van der Waals surface area contributed by atoms with Crippen LogP contribution in [0.25, 0.3) is 0 Å². The summed E-state index contributed by atoms with van der Waals surface area (Å²) >= 11 is 1.59. The molecule has 0 unspecified atom stereocenters. The van der Waals surface area contributed by atoms with Gasteiger partial charge in [-0.15, -0.1) is 0 Å². The number of rotatable bonds is 4. The Kier molecular flexibility index (Phi) is 4.15. The molecule has 7 heteroatoms. The van der Waals surface area contributed by atoms with Crippen molar-refractivity contribution in [2.45, 2.75) is 55.8 Å². The van der Waals surface area contributed by atoms with Crippen LogP contribution in [0.15, 0.2) is 9.95 Å². The summed E-state index contributed by atoms with van der Waals surface area (Å²) in [6.45, 7) is 1.36. The minimum Gasteiger partial charge on any atom is -0.376 e. The molecule has 1 aromatic heterocycles. The van der Waals surface area contributed by atoms with Crippen LogP contribution in [0.1, 0.15) is 43.0 Å². The average molecular weight is 335 g/mol. The Morgan fingerprint density at radius 3 is 3.13 bits per heavy atom. The number of nitrogens with zero attached hydrogens (tertiary/aromatic N) is 2. The SMILES string of the molecule is O=C(C[C@@H]1CSc2nc3c(c(=O)n21)CCC3)NC[C@H]1CCCO1. The highest BCUT2D eigenvalue weighted by Gasteiger charge is 2.31. The lowest BCUT2D eigenvalue weighted by Gasteiger charge is -2.15. The minimum atomic E-state index is -0.0783. The average Bonchev–Trinajstić information content (AvgIpc) is 3.26.